The normalized spacial score (nSPS) is 35.7. The van der Waals surface area contributed by atoms with Gasteiger partial charge in [-0.05, 0) is 104 Å². The number of likely N-dealkylation sites (N-methyl/N-ethyl adjacent to an activating group) is 1. The standard InChI is InChI=1S/C46H76N2O5/c1-33(2)35(5)43(7)21-22-44(8)38-18-17-37(34(3)4)46(31-49,30-42(6,51-11)32-52-28-27-48-25-23-47(10)24-26-48)39(38)19-20-45(44,9)40(43)41(50)53-29-36-15-13-12-14-16-36/h12-16,19,33-35,37-38,40,49H,17-18,20-32H2,1-11H3/t35-,37+,38+,40-,42?,43-,44-,45+,46-/m1/s1. The van der Waals surface area contributed by atoms with E-state index in [0.717, 1.165) is 70.4 Å². The van der Waals surface area contributed by atoms with Crippen molar-refractivity contribution in [3.63, 3.8) is 0 Å². The SMILES string of the molecule is COC(C)(COCCN1CCN(C)CC1)C[C@]1(CO)C2=CC[C@@]3(C)[C@H](C(=O)OCc4ccccc4)[C@@](C)([C@H](C)C(C)C)CC[C@]3(C)[C@H]2CC[C@H]1C(C)C. The van der Waals surface area contributed by atoms with Crippen molar-refractivity contribution in [1.29, 1.82) is 0 Å². The number of hydrogen-bond acceptors (Lipinski definition) is 7. The highest BCUT2D eigenvalue weighted by molar-refractivity contribution is 5.75. The molecule has 53 heavy (non-hydrogen) atoms. The monoisotopic (exact) mass is 737 g/mol. The number of aliphatic hydroxyl groups excluding tert-OH is 1. The third-order valence-corrected chi connectivity index (χ3v) is 16.0. The molecule has 300 valence electrons. The molecule has 4 aliphatic rings. The topological polar surface area (TPSA) is 71.5 Å². The Kier molecular flexibility index (Phi) is 13.4. The van der Waals surface area contributed by atoms with Crippen LogP contribution in [0.5, 0.6) is 0 Å². The fourth-order valence-corrected chi connectivity index (χ4v) is 12.1. The summed E-state index contributed by atoms with van der Waals surface area (Å²) in [6, 6.07) is 10.1. The number of ether oxygens (including phenoxy) is 3. The van der Waals surface area contributed by atoms with Crippen LogP contribution in [0, 0.1) is 57.2 Å². The van der Waals surface area contributed by atoms with Crippen molar-refractivity contribution in [2.45, 2.75) is 113 Å². The number of benzene rings is 1. The van der Waals surface area contributed by atoms with E-state index in [4.69, 9.17) is 14.2 Å². The van der Waals surface area contributed by atoms with Crippen LogP contribution in [-0.2, 0) is 25.6 Å². The van der Waals surface area contributed by atoms with Crippen molar-refractivity contribution in [1.82, 2.24) is 9.80 Å². The van der Waals surface area contributed by atoms with Crippen molar-refractivity contribution in [2.24, 2.45) is 57.2 Å². The molecular formula is C46H76N2O5. The van der Waals surface area contributed by atoms with Crippen molar-refractivity contribution >= 4 is 5.97 Å². The number of fused-ring (bicyclic) bond motifs is 3. The van der Waals surface area contributed by atoms with Crippen LogP contribution in [0.2, 0.25) is 0 Å². The predicted octanol–water partition coefficient (Wildman–Crippen LogP) is 8.50. The highest BCUT2D eigenvalue weighted by Crippen LogP contribution is 2.73. The molecule has 0 spiro atoms. The van der Waals surface area contributed by atoms with Gasteiger partial charge in [-0.2, -0.15) is 0 Å². The summed E-state index contributed by atoms with van der Waals surface area (Å²) in [5, 5.41) is 11.8. The van der Waals surface area contributed by atoms with Gasteiger partial charge in [0, 0.05) is 45.2 Å². The number of methoxy groups -OCH3 is 1. The molecule has 3 fully saturated rings. The fraction of sp³-hybridized carbons (Fsp3) is 0.804. The van der Waals surface area contributed by atoms with Gasteiger partial charge >= 0.3 is 5.97 Å². The van der Waals surface area contributed by atoms with Crippen LogP contribution < -0.4 is 0 Å². The molecule has 3 aliphatic carbocycles. The number of nitrogens with zero attached hydrogens (tertiary/aromatic N) is 2. The van der Waals surface area contributed by atoms with Crippen LogP contribution in [0.3, 0.4) is 0 Å². The maximum Gasteiger partial charge on any atom is 0.310 e. The summed E-state index contributed by atoms with van der Waals surface area (Å²) < 4.78 is 19.1. The molecule has 0 amide bonds. The van der Waals surface area contributed by atoms with Gasteiger partial charge in [-0.3, -0.25) is 9.69 Å². The molecule has 0 aromatic heterocycles. The molecule has 2 saturated carbocycles. The summed E-state index contributed by atoms with van der Waals surface area (Å²) in [4.78, 5) is 19.6. The second-order valence-electron chi connectivity index (χ2n) is 19.6. The number of rotatable bonds is 15. The molecule has 5 rings (SSSR count). The molecule has 9 atom stereocenters. The molecule has 1 aromatic carbocycles. The van der Waals surface area contributed by atoms with E-state index in [-0.39, 0.29) is 40.7 Å². The third-order valence-electron chi connectivity index (χ3n) is 16.0. The molecule has 1 unspecified atom stereocenters. The maximum absolute atomic E-state index is 14.7. The average molecular weight is 737 g/mol. The van der Waals surface area contributed by atoms with Crippen molar-refractivity contribution in [3.8, 4) is 0 Å². The van der Waals surface area contributed by atoms with Gasteiger partial charge in [0.1, 0.15) is 6.61 Å². The molecule has 0 bridgehead atoms. The molecular weight excluding hydrogens is 661 g/mol. The first-order valence-electron chi connectivity index (χ1n) is 21.1. The predicted molar refractivity (Wildman–Crippen MR) is 215 cm³/mol. The van der Waals surface area contributed by atoms with E-state index in [2.05, 4.69) is 85.2 Å². The quantitative estimate of drug-likeness (QED) is 0.110. The maximum atomic E-state index is 14.7. The summed E-state index contributed by atoms with van der Waals surface area (Å²) in [6.07, 6.45) is 8.21. The number of carbonyl (C=O) groups is 1. The fourth-order valence-electron chi connectivity index (χ4n) is 12.1. The number of carbonyl (C=O) groups excluding carboxylic acids is 1. The van der Waals surface area contributed by atoms with E-state index in [9.17, 15) is 9.90 Å². The molecule has 7 nitrogen and oxygen atoms in total. The molecule has 7 heteroatoms. The molecule has 1 N–H and O–H groups in total. The van der Waals surface area contributed by atoms with Crippen molar-refractivity contribution in [2.75, 3.05) is 66.7 Å². The first-order chi connectivity index (χ1) is 25.0. The van der Waals surface area contributed by atoms with E-state index in [0.29, 0.717) is 49.9 Å². The molecule has 0 radical (unpaired) electrons. The lowest BCUT2D eigenvalue weighted by Crippen LogP contribution is -2.64. The lowest BCUT2D eigenvalue weighted by Gasteiger charge is -2.68. The van der Waals surface area contributed by atoms with Gasteiger partial charge in [-0.15, -0.1) is 0 Å². The summed E-state index contributed by atoms with van der Waals surface area (Å²) in [6.45, 7) is 28.0. The second-order valence-corrected chi connectivity index (χ2v) is 19.6. The number of hydrogen-bond donors (Lipinski definition) is 1. The third kappa shape index (κ3) is 8.08. The second kappa shape index (κ2) is 16.8. The first kappa shape index (κ1) is 42.4. The van der Waals surface area contributed by atoms with E-state index in [1.165, 1.54) is 5.57 Å². The zero-order valence-corrected chi connectivity index (χ0v) is 35.5. The Labute approximate surface area is 323 Å². The van der Waals surface area contributed by atoms with Gasteiger partial charge in [-0.1, -0.05) is 97.4 Å². The molecule has 1 saturated heterocycles. The van der Waals surface area contributed by atoms with Crippen LogP contribution in [0.4, 0.5) is 0 Å². The minimum atomic E-state index is -0.552. The minimum absolute atomic E-state index is 0.0425. The van der Waals surface area contributed by atoms with Crippen molar-refractivity contribution < 1.29 is 24.1 Å². The number of piperazine rings is 1. The Hall–Kier alpha value is -1.77. The lowest BCUT2D eigenvalue weighted by atomic mass is 9.35. The van der Waals surface area contributed by atoms with Gasteiger partial charge in [0.25, 0.3) is 0 Å². The van der Waals surface area contributed by atoms with E-state index in [1.54, 1.807) is 0 Å². The Bertz CT molecular complexity index is 1390. The lowest BCUT2D eigenvalue weighted by molar-refractivity contribution is -0.202. The van der Waals surface area contributed by atoms with Crippen molar-refractivity contribution in [3.05, 3.63) is 47.5 Å². The van der Waals surface area contributed by atoms with E-state index >= 15 is 0 Å². The van der Waals surface area contributed by atoms with Crippen LogP contribution in [0.1, 0.15) is 106 Å². The van der Waals surface area contributed by atoms with Gasteiger partial charge in [0.15, 0.2) is 0 Å². The van der Waals surface area contributed by atoms with Crippen LogP contribution >= 0.6 is 0 Å². The summed E-state index contributed by atoms with van der Waals surface area (Å²) in [5.74, 6) is 1.53. The Morgan fingerprint density at radius 1 is 0.981 bits per heavy atom. The van der Waals surface area contributed by atoms with E-state index in [1.807, 2.05) is 37.4 Å². The number of allylic oxidation sites excluding steroid dienone is 1. The van der Waals surface area contributed by atoms with Gasteiger partial charge in [0.2, 0.25) is 0 Å². The van der Waals surface area contributed by atoms with E-state index < -0.39 is 11.0 Å². The number of aliphatic hydroxyl groups is 1. The summed E-state index contributed by atoms with van der Waals surface area (Å²) >= 11 is 0. The highest BCUT2D eigenvalue weighted by Gasteiger charge is 2.68. The summed E-state index contributed by atoms with van der Waals surface area (Å²) in [7, 11) is 4.01. The zero-order valence-electron chi connectivity index (χ0n) is 35.5. The molecule has 1 aliphatic heterocycles. The van der Waals surface area contributed by atoms with Gasteiger partial charge in [-0.25, -0.2) is 0 Å². The van der Waals surface area contributed by atoms with Crippen LogP contribution in [0.25, 0.3) is 0 Å². The largest absolute Gasteiger partial charge is 0.461 e. The molecule has 1 heterocycles. The Morgan fingerprint density at radius 3 is 2.26 bits per heavy atom. The molecule has 1 aromatic rings. The Balaban J connectivity index is 1.47. The van der Waals surface area contributed by atoms with Gasteiger partial charge < -0.3 is 24.2 Å². The summed E-state index contributed by atoms with van der Waals surface area (Å²) in [5.41, 5.74) is 0.844. The zero-order chi connectivity index (χ0) is 38.8. The van der Waals surface area contributed by atoms with Gasteiger partial charge in [0.05, 0.1) is 31.3 Å². The van der Waals surface area contributed by atoms with Crippen LogP contribution in [0.15, 0.2) is 42.0 Å². The Morgan fingerprint density at radius 2 is 1.66 bits per heavy atom. The van der Waals surface area contributed by atoms with Crippen LogP contribution in [-0.4, -0.2) is 93.2 Å². The number of esters is 1. The smallest absolute Gasteiger partial charge is 0.310 e. The highest BCUT2D eigenvalue weighted by atomic mass is 16.5. The average Bonchev–Trinajstić information content (AvgIpc) is 3.13. The minimum Gasteiger partial charge on any atom is -0.461 e. The first-order valence-corrected chi connectivity index (χ1v) is 21.1.